The maximum Gasteiger partial charge on any atom is 0.339 e. The van der Waals surface area contributed by atoms with Gasteiger partial charge in [0.15, 0.2) is 0 Å². The van der Waals surface area contributed by atoms with Gasteiger partial charge in [0.1, 0.15) is 0 Å². The van der Waals surface area contributed by atoms with Crippen LogP contribution in [0.5, 0.6) is 0 Å². The number of halogens is 3. The number of rotatable bonds is 3. The van der Waals surface area contributed by atoms with Crippen molar-refractivity contribution in [2.24, 2.45) is 5.73 Å². The van der Waals surface area contributed by atoms with Crippen LogP contribution < -0.4 is 5.73 Å². The predicted molar refractivity (Wildman–Crippen MR) is 61.1 cm³/mol. The number of ether oxygens (including phenoxy) is 1. The van der Waals surface area contributed by atoms with E-state index in [0.717, 1.165) is 7.11 Å². The average Bonchev–Trinajstić information content (AvgIpc) is 2.27. The number of aromatic nitrogens is 1. The molecule has 0 saturated carbocycles. The molecule has 0 aliphatic rings. The van der Waals surface area contributed by atoms with Crippen molar-refractivity contribution < 1.29 is 18.3 Å². The highest BCUT2D eigenvalue weighted by molar-refractivity contribution is 14.1. The van der Waals surface area contributed by atoms with Crippen LogP contribution in [0.25, 0.3) is 0 Å². The predicted octanol–water partition coefficient (Wildman–Crippen LogP) is 1.87. The normalized spacial score (nSPS) is 10.6. The second kappa shape index (κ2) is 5.48. The van der Waals surface area contributed by atoms with Crippen molar-refractivity contribution in [1.82, 2.24) is 4.98 Å². The lowest BCUT2D eigenvalue weighted by Gasteiger charge is -2.12. The Balaban J connectivity index is 3.48. The van der Waals surface area contributed by atoms with E-state index in [-0.39, 0.29) is 17.8 Å². The van der Waals surface area contributed by atoms with Crippen molar-refractivity contribution >= 4 is 28.6 Å². The van der Waals surface area contributed by atoms with Crippen molar-refractivity contribution in [2.45, 2.75) is 13.0 Å². The summed E-state index contributed by atoms with van der Waals surface area (Å²) in [5.74, 6) is -0.809. The highest BCUT2D eigenvalue weighted by Gasteiger charge is 2.25. The number of pyridine rings is 1. The molecule has 16 heavy (non-hydrogen) atoms. The fourth-order valence-electron chi connectivity index (χ4n) is 1.25. The number of nitrogens with zero attached hydrogens (tertiary/aromatic N) is 1. The van der Waals surface area contributed by atoms with E-state index < -0.39 is 18.0 Å². The largest absolute Gasteiger partial charge is 0.465 e. The van der Waals surface area contributed by atoms with Gasteiger partial charge in [-0.05, 0) is 22.6 Å². The first-order chi connectivity index (χ1) is 7.52. The summed E-state index contributed by atoms with van der Waals surface area (Å²) in [6.07, 6.45) is -1.49. The summed E-state index contributed by atoms with van der Waals surface area (Å²) >= 11 is 1.75. The van der Waals surface area contributed by atoms with Crippen LogP contribution in [0.15, 0.2) is 6.20 Å². The molecule has 0 unspecified atom stereocenters. The van der Waals surface area contributed by atoms with Gasteiger partial charge < -0.3 is 10.5 Å². The Bertz CT molecular complexity index is 413. The Hall–Kier alpha value is -0.830. The second-order valence-electron chi connectivity index (χ2n) is 2.84. The highest BCUT2D eigenvalue weighted by atomic mass is 127. The van der Waals surface area contributed by atoms with E-state index in [1.54, 1.807) is 22.6 Å². The molecule has 1 rings (SSSR count). The molecule has 0 fully saturated rings. The fraction of sp³-hybridized carbons (Fsp3) is 0.333. The third-order valence-electron chi connectivity index (χ3n) is 1.95. The smallest absolute Gasteiger partial charge is 0.339 e. The summed E-state index contributed by atoms with van der Waals surface area (Å²) in [6, 6.07) is 0. The lowest BCUT2D eigenvalue weighted by molar-refractivity contribution is 0.0587. The Morgan fingerprint density at radius 3 is 2.75 bits per heavy atom. The molecule has 0 radical (unpaired) electrons. The number of nitrogens with two attached hydrogens (primary N) is 1. The molecule has 0 aliphatic carbocycles. The molecule has 0 aromatic carbocycles. The number of hydrogen-bond acceptors (Lipinski definition) is 4. The molecule has 0 saturated heterocycles. The summed E-state index contributed by atoms with van der Waals surface area (Å²) in [5.41, 5.74) is 4.71. The Morgan fingerprint density at radius 1 is 1.69 bits per heavy atom. The topological polar surface area (TPSA) is 65.2 Å². The number of carbonyl (C=O) groups excluding carboxylic acids is 1. The number of esters is 1. The SMILES string of the molecule is COC(=O)c1c(I)cnc(CN)c1C(F)F. The lowest BCUT2D eigenvalue weighted by atomic mass is 10.1. The van der Waals surface area contributed by atoms with E-state index in [0.29, 0.717) is 3.57 Å². The van der Waals surface area contributed by atoms with Crippen molar-refractivity contribution in [3.63, 3.8) is 0 Å². The first-order valence-electron chi connectivity index (χ1n) is 4.26. The van der Waals surface area contributed by atoms with Gasteiger partial charge >= 0.3 is 5.97 Å². The second-order valence-corrected chi connectivity index (χ2v) is 4.00. The van der Waals surface area contributed by atoms with E-state index in [1.807, 2.05) is 0 Å². The lowest BCUT2D eigenvalue weighted by Crippen LogP contribution is -2.15. The molecule has 0 aliphatic heterocycles. The van der Waals surface area contributed by atoms with Crippen LogP contribution in [0, 0.1) is 3.57 Å². The molecule has 1 heterocycles. The monoisotopic (exact) mass is 342 g/mol. The standard InChI is InChI=1S/C9H9F2IN2O2/c1-16-9(15)6-4(12)3-14-5(2-13)7(6)8(10)11/h3,8H,2,13H2,1H3. The third-order valence-corrected chi connectivity index (χ3v) is 2.77. The van der Waals surface area contributed by atoms with Gasteiger partial charge in [-0.25, -0.2) is 13.6 Å². The van der Waals surface area contributed by atoms with Gasteiger partial charge in [-0.2, -0.15) is 0 Å². The first-order valence-corrected chi connectivity index (χ1v) is 5.34. The number of alkyl halides is 2. The quantitative estimate of drug-likeness (QED) is 0.673. The van der Waals surface area contributed by atoms with Crippen LogP contribution in [-0.4, -0.2) is 18.1 Å². The molecule has 0 atom stereocenters. The third kappa shape index (κ3) is 2.46. The molecule has 1 aromatic rings. The maximum absolute atomic E-state index is 12.8. The zero-order valence-corrected chi connectivity index (χ0v) is 10.5. The summed E-state index contributed by atoms with van der Waals surface area (Å²) in [6.45, 7) is -0.152. The molecule has 0 amide bonds. The summed E-state index contributed by atoms with van der Waals surface area (Å²) in [4.78, 5) is 15.2. The van der Waals surface area contributed by atoms with Crippen molar-refractivity contribution in [3.8, 4) is 0 Å². The van der Waals surface area contributed by atoms with Gasteiger partial charge in [-0.15, -0.1) is 0 Å². The average molecular weight is 342 g/mol. The Morgan fingerprint density at radius 2 is 2.31 bits per heavy atom. The fourth-order valence-corrected chi connectivity index (χ4v) is 1.90. The van der Waals surface area contributed by atoms with Gasteiger partial charge in [0.2, 0.25) is 0 Å². The molecule has 4 nitrogen and oxygen atoms in total. The van der Waals surface area contributed by atoms with Gasteiger partial charge in [0.25, 0.3) is 6.43 Å². The minimum atomic E-state index is -2.81. The Labute approximate surface area is 104 Å². The number of hydrogen-bond donors (Lipinski definition) is 1. The molecular weight excluding hydrogens is 333 g/mol. The molecule has 88 valence electrons. The van der Waals surface area contributed by atoms with E-state index in [9.17, 15) is 13.6 Å². The van der Waals surface area contributed by atoms with Crippen molar-refractivity contribution in [2.75, 3.05) is 7.11 Å². The minimum absolute atomic E-state index is 0.0100. The van der Waals surface area contributed by atoms with E-state index >= 15 is 0 Å². The first kappa shape index (κ1) is 13.2. The van der Waals surface area contributed by atoms with Gasteiger partial charge in [0.05, 0.1) is 23.9 Å². The van der Waals surface area contributed by atoms with E-state index in [2.05, 4.69) is 9.72 Å². The summed E-state index contributed by atoms with van der Waals surface area (Å²) in [7, 11) is 1.14. The van der Waals surface area contributed by atoms with Crippen LogP contribution in [0.3, 0.4) is 0 Å². The van der Waals surface area contributed by atoms with Crippen LogP contribution in [-0.2, 0) is 11.3 Å². The maximum atomic E-state index is 12.8. The van der Waals surface area contributed by atoms with Gasteiger partial charge in [-0.1, -0.05) is 0 Å². The van der Waals surface area contributed by atoms with Gasteiger partial charge in [0, 0.05) is 16.3 Å². The van der Waals surface area contributed by atoms with Crippen molar-refractivity contribution in [1.29, 1.82) is 0 Å². The van der Waals surface area contributed by atoms with Crippen LogP contribution >= 0.6 is 22.6 Å². The van der Waals surface area contributed by atoms with Crippen molar-refractivity contribution in [3.05, 3.63) is 26.6 Å². The molecule has 0 spiro atoms. The highest BCUT2D eigenvalue weighted by Crippen LogP contribution is 2.29. The molecule has 1 aromatic heterocycles. The zero-order chi connectivity index (χ0) is 12.3. The summed E-state index contributed by atoms with van der Waals surface area (Å²) < 4.78 is 30.5. The molecule has 7 heteroatoms. The summed E-state index contributed by atoms with van der Waals surface area (Å²) in [5, 5.41) is 0. The molecular formula is C9H9F2IN2O2. The van der Waals surface area contributed by atoms with Crippen LogP contribution in [0.4, 0.5) is 8.78 Å². The zero-order valence-electron chi connectivity index (χ0n) is 8.34. The minimum Gasteiger partial charge on any atom is -0.465 e. The van der Waals surface area contributed by atoms with Gasteiger partial charge in [-0.3, -0.25) is 4.98 Å². The molecule has 0 bridgehead atoms. The number of methoxy groups -OCH3 is 1. The van der Waals surface area contributed by atoms with Crippen LogP contribution in [0.1, 0.15) is 28.0 Å². The Kier molecular flexibility index (Phi) is 4.54. The van der Waals surface area contributed by atoms with E-state index in [1.165, 1.54) is 6.20 Å². The van der Waals surface area contributed by atoms with E-state index in [4.69, 9.17) is 5.73 Å². The molecule has 2 N–H and O–H groups in total. The van der Waals surface area contributed by atoms with Crippen LogP contribution in [0.2, 0.25) is 0 Å². The number of carbonyl (C=O) groups is 1.